The number of hydrogen-bond acceptors (Lipinski definition) is 4. The molecule has 0 aliphatic heterocycles. The Hall–Kier alpha value is -1.88. The molecule has 0 bridgehead atoms. The molecule has 3 aromatic rings. The zero-order valence-electron chi connectivity index (χ0n) is 10.9. The zero-order valence-corrected chi connectivity index (χ0v) is 11.7. The molecule has 0 aliphatic carbocycles. The van der Waals surface area contributed by atoms with Gasteiger partial charge in [0.2, 0.25) is 0 Å². The normalized spacial score (nSPS) is 11.1. The Morgan fingerprint density at radius 3 is 2.58 bits per heavy atom. The largest absolute Gasteiger partial charge is 0.276 e. The van der Waals surface area contributed by atoms with Gasteiger partial charge in [-0.05, 0) is 19.1 Å². The number of rotatable bonds is 3. The highest BCUT2D eigenvalue weighted by Crippen LogP contribution is 2.24. The first kappa shape index (κ1) is 12.2. The van der Waals surface area contributed by atoms with E-state index in [1.54, 1.807) is 11.8 Å². The van der Waals surface area contributed by atoms with Gasteiger partial charge in [-0.2, -0.15) is 5.10 Å². The minimum atomic E-state index is 0.863. The van der Waals surface area contributed by atoms with Crippen molar-refractivity contribution in [1.29, 1.82) is 0 Å². The van der Waals surface area contributed by atoms with E-state index in [1.807, 2.05) is 55.3 Å². The summed E-state index contributed by atoms with van der Waals surface area (Å²) in [6.45, 7) is 2.00. The van der Waals surface area contributed by atoms with Gasteiger partial charge in [0.1, 0.15) is 5.03 Å². The number of aromatic nitrogens is 4. The van der Waals surface area contributed by atoms with Gasteiger partial charge in [-0.15, -0.1) is 0 Å². The van der Waals surface area contributed by atoms with Gasteiger partial charge in [0, 0.05) is 24.6 Å². The minimum absolute atomic E-state index is 0.863. The molecule has 0 unspecified atom stereocenters. The fourth-order valence-corrected chi connectivity index (χ4v) is 2.78. The van der Waals surface area contributed by atoms with E-state index in [4.69, 9.17) is 0 Å². The van der Waals surface area contributed by atoms with Crippen molar-refractivity contribution >= 4 is 22.8 Å². The van der Waals surface area contributed by atoms with Crippen molar-refractivity contribution in [2.24, 2.45) is 7.05 Å². The molecule has 0 fully saturated rings. The molecule has 0 spiro atoms. The fraction of sp³-hybridized carbons (Fsp3) is 0.214. The predicted molar refractivity (Wildman–Crippen MR) is 77.0 cm³/mol. The molecule has 0 saturated heterocycles. The Labute approximate surface area is 115 Å². The van der Waals surface area contributed by atoms with E-state index in [0.717, 1.165) is 27.5 Å². The summed E-state index contributed by atoms with van der Waals surface area (Å²) >= 11 is 1.70. The maximum absolute atomic E-state index is 4.67. The van der Waals surface area contributed by atoms with Crippen molar-refractivity contribution in [1.82, 2.24) is 19.7 Å². The van der Waals surface area contributed by atoms with Crippen molar-refractivity contribution in [3.63, 3.8) is 0 Å². The van der Waals surface area contributed by atoms with Crippen LogP contribution in [0.15, 0.2) is 41.7 Å². The van der Waals surface area contributed by atoms with E-state index in [2.05, 4.69) is 15.1 Å². The molecule has 5 heteroatoms. The first-order valence-electron chi connectivity index (χ1n) is 6.06. The third kappa shape index (κ3) is 2.61. The Morgan fingerprint density at radius 2 is 1.89 bits per heavy atom. The van der Waals surface area contributed by atoms with Crippen LogP contribution in [0.2, 0.25) is 0 Å². The zero-order chi connectivity index (χ0) is 13.2. The highest BCUT2D eigenvalue weighted by atomic mass is 32.2. The molecular weight excluding hydrogens is 256 g/mol. The quantitative estimate of drug-likeness (QED) is 0.686. The van der Waals surface area contributed by atoms with Crippen LogP contribution >= 0.6 is 11.8 Å². The van der Waals surface area contributed by atoms with Crippen molar-refractivity contribution in [2.45, 2.75) is 17.7 Å². The molecule has 19 heavy (non-hydrogen) atoms. The van der Waals surface area contributed by atoms with Crippen LogP contribution in [0.25, 0.3) is 11.0 Å². The fourth-order valence-electron chi connectivity index (χ4n) is 1.91. The molecule has 0 saturated carbocycles. The second-order valence-corrected chi connectivity index (χ2v) is 5.38. The number of hydrogen-bond donors (Lipinski definition) is 0. The maximum Gasteiger partial charge on any atom is 0.118 e. The molecule has 3 rings (SSSR count). The molecular formula is C14H14N4S. The lowest BCUT2D eigenvalue weighted by Crippen LogP contribution is -1.93. The van der Waals surface area contributed by atoms with Gasteiger partial charge >= 0.3 is 0 Å². The average Bonchev–Trinajstić information content (AvgIpc) is 2.82. The topological polar surface area (TPSA) is 43.6 Å². The number of thioether (sulfide) groups is 1. The molecule has 0 aliphatic rings. The first-order valence-corrected chi connectivity index (χ1v) is 7.04. The Kier molecular flexibility index (Phi) is 3.21. The number of benzene rings is 1. The van der Waals surface area contributed by atoms with Crippen LogP contribution in [0.4, 0.5) is 0 Å². The molecule has 2 heterocycles. The molecule has 96 valence electrons. The van der Waals surface area contributed by atoms with Gasteiger partial charge in [0.25, 0.3) is 0 Å². The van der Waals surface area contributed by atoms with Crippen LogP contribution in [0.1, 0.15) is 11.3 Å². The molecule has 1 aromatic carbocycles. The highest BCUT2D eigenvalue weighted by Gasteiger charge is 2.06. The minimum Gasteiger partial charge on any atom is -0.276 e. The van der Waals surface area contributed by atoms with Crippen LogP contribution in [-0.2, 0) is 12.8 Å². The van der Waals surface area contributed by atoms with E-state index in [9.17, 15) is 0 Å². The van der Waals surface area contributed by atoms with Gasteiger partial charge in [0.15, 0.2) is 0 Å². The molecule has 0 atom stereocenters. The summed E-state index contributed by atoms with van der Waals surface area (Å²) in [5.74, 6) is 0.863. The molecule has 2 aromatic heterocycles. The smallest absolute Gasteiger partial charge is 0.118 e. The van der Waals surface area contributed by atoms with E-state index < -0.39 is 0 Å². The second kappa shape index (κ2) is 5.01. The Balaban J connectivity index is 1.86. The average molecular weight is 270 g/mol. The summed E-state index contributed by atoms with van der Waals surface area (Å²) in [6.07, 6.45) is 3.91. The summed E-state index contributed by atoms with van der Waals surface area (Å²) in [5, 5.41) is 5.16. The lowest BCUT2D eigenvalue weighted by molar-refractivity contribution is 0.767. The summed E-state index contributed by atoms with van der Waals surface area (Å²) < 4.78 is 1.81. The van der Waals surface area contributed by atoms with Gasteiger partial charge < -0.3 is 0 Å². The van der Waals surface area contributed by atoms with Crippen LogP contribution in [0.5, 0.6) is 0 Å². The monoisotopic (exact) mass is 270 g/mol. The summed E-state index contributed by atoms with van der Waals surface area (Å²) in [5.41, 5.74) is 4.07. The molecule has 0 radical (unpaired) electrons. The van der Waals surface area contributed by atoms with Crippen LogP contribution in [0, 0.1) is 6.92 Å². The van der Waals surface area contributed by atoms with Gasteiger partial charge in [0.05, 0.1) is 22.9 Å². The molecule has 0 N–H and O–H groups in total. The van der Waals surface area contributed by atoms with Crippen LogP contribution < -0.4 is 0 Å². The maximum atomic E-state index is 4.67. The summed E-state index contributed by atoms with van der Waals surface area (Å²) in [6, 6.07) is 7.96. The van der Waals surface area contributed by atoms with Crippen molar-refractivity contribution in [3.8, 4) is 0 Å². The molecule has 0 amide bonds. The lowest BCUT2D eigenvalue weighted by atomic mass is 10.3. The van der Waals surface area contributed by atoms with Gasteiger partial charge in [-0.3, -0.25) is 4.68 Å². The number of nitrogens with zero attached hydrogens (tertiary/aromatic N) is 4. The van der Waals surface area contributed by atoms with E-state index in [-0.39, 0.29) is 0 Å². The number of para-hydroxylation sites is 2. The standard InChI is InChI=1S/C14H14N4S/c1-10-14(19-9-11-7-15-18(2)8-11)17-13-6-4-3-5-12(13)16-10/h3-8H,9H2,1-2H3. The van der Waals surface area contributed by atoms with Crippen LogP contribution in [-0.4, -0.2) is 19.7 Å². The Bertz CT molecular complexity index is 720. The van der Waals surface area contributed by atoms with Crippen LogP contribution in [0.3, 0.4) is 0 Å². The third-order valence-corrected chi connectivity index (χ3v) is 3.97. The Morgan fingerprint density at radius 1 is 1.16 bits per heavy atom. The van der Waals surface area contributed by atoms with Crippen molar-refractivity contribution in [3.05, 3.63) is 47.9 Å². The lowest BCUT2D eigenvalue weighted by Gasteiger charge is -2.05. The highest BCUT2D eigenvalue weighted by molar-refractivity contribution is 7.98. The van der Waals surface area contributed by atoms with Crippen molar-refractivity contribution < 1.29 is 0 Å². The number of aryl methyl sites for hydroxylation is 2. The van der Waals surface area contributed by atoms with E-state index in [1.165, 1.54) is 5.56 Å². The van der Waals surface area contributed by atoms with Gasteiger partial charge in [-0.25, -0.2) is 9.97 Å². The molecule has 4 nitrogen and oxygen atoms in total. The number of fused-ring (bicyclic) bond motifs is 1. The first-order chi connectivity index (χ1) is 9.22. The summed E-state index contributed by atoms with van der Waals surface area (Å²) in [7, 11) is 1.93. The predicted octanol–water partition coefficient (Wildman–Crippen LogP) is 2.96. The summed E-state index contributed by atoms with van der Waals surface area (Å²) in [4.78, 5) is 9.26. The van der Waals surface area contributed by atoms with E-state index in [0.29, 0.717) is 0 Å². The van der Waals surface area contributed by atoms with Gasteiger partial charge in [-0.1, -0.05) is 23.9 Å². The van der Waals surface area contributed by atoms with E-state index >= 15 is 0 Å². The third-order valence-electron chi connectivity index (χ3n) is 2.84. The van der Waals surface area contributed by atoms with Crippen molar-refractivity contribution in [2.75, 3.05) is 0 Å². The second-order valence-electron chi connectivity index (χ2n) is 4.41. The SMILES string of the molecule is Cc1nc2ccccc2nc1SCc1cnn(C)c1.